The van der Waals surface area contributed by atoms with Crippen LogP contribution < -0.4 is 0 Å². The molecule has 17 heavy (non-hydrogen) atoms. The molecule has 0 saturated carbocycles. The van der Waals surface area contributed by atoms with Crippen LogP contribution in [0.5, 0.6) is 0 Å². The Kier molecular flexibility index (Phi) is 5.01. The standard InChI is InChI=1S/C14H19BrO2/c15-12-8-6-11(7-9-12)14(16)5-1-3-13-4-2-10-17-13/h6-9,13-14,16H,1-5,10H2. The number of aliphatic hydroxyl groups excluding tert-OH is 1. The molecule has 2 nitrogen and oxygen atoms in total. The molecule has 2 atom stereocenters. The first-order valence-corrected chi connectivity index (χ1v) is 7.10. The minimum atomic E-state index is -0.343. The second-order valence-corrected chi connectivity index (χ2v) is 5.55. The summed E-state index contributed by atoms with van der Waals surface area (Å²) in [4.78, 5) is 0. The topological polar surface area (TPSA) is 29.5 Å². The highest BCUT2D eigenvalue weighted by Crippen LogP contribution is 2.24. The summed E-state index contributed by atoms with van der Waals surface area (Å²) in [6, 6.07) is 7.89. The van der Waals surface area contributed by atoms with Gasteiger partial charge in [-0.2, -0.15) is 0 Å². The van der Waals surface area contributed by atoms with Crippen LogP contribution in [0.1, 0.15) is 43.8 Å². The Balaban J connectivity index is 1.72. The van der Waals surface area contributed by atoms with Crippen LogP contribution >= 0.6 is 15.9 Å². The number of halogens is 1. The SMILES string of the molecule is OC(CCCC1CCCO1)c1ccc(Br)cc1. The molecule has 0 amide bonds. The first-order chi connectivity index (χ1) is 8.25. The molecule has 1 aliphatic heterocycles. The molecule has 2 rings (SSSR count). The van der Waals surface area contributed by atoms with E-state index in [4.69, 9.17) is 4.74 Å². The van der Waals surface area contributed by atoms with Crippen LogP contribution in [0.2, 0.25) is 0 Å². The van der Waals surface area contributed by atoms with E-state index in [0.29, 0.717) is 6.10 Å². The quantitative estimate of drug-likeness (QED) is 0.895. The molecule has 1 fully saturated rings. The van der Waals surface area contributed by atoms with Gasteiger partial charge in [0.2, 0.25) is 0 Å². The molecule has 1 aromatic carbocycles. The fourth-order valence-corrected chi connectivity index (χ4v) is 2.53. The molecule has 1 N–H and O–H groups in total. The molecule has 0 aromatic heterocycles. The lowest BCUT2D eigenvalue weighted by Crippen LogP contribution is -2.06. The van der Waals surface area contributed by atoms with E-state index in [1.54, 1.807) is 0 Å². The third-order valence-corrected chi connectivity index (χ3v) is 3.81. The molecule has 1 aliphatic rings. The molecule has 0 aliphatic carbocycles. The zero-order valence-electron chi connectivity index (χ0n) is 9.94. The first-order valence-electron chi connectivity index (χ1n) is 6.31. The van der Waals surface area contributed by atoms with Gasteiger partial charge in [0.1, 0.15) is 0 Å². The number of rotatable bonds is 5. The highest BCUT2D eigenvalue weighted by Gasteiger charge is 2.15. The predicted octanol–water partition coefficient (Wildman–Crippen LogP) is 3.83. The van der Waals surface area contributed by atoms with Gasteiger partial charge in [0.05, 0.1) is 12.2 Å². The van der Waals surface area contributed by atoms with E-state index in [1.807, 2.05) is 24.3 Å². The zero-order valence-corrected chi connectivity index (χ0v) is 11.5. The Labute approximate surface area is 111 Å². The van der Waals surface area contributed by atoms with Crippen LogP contribution in [0.4, 0.5) is 0 Å². The van der Waals surface area contributed by atoms with E-state index >= 15 is 0 Å². The van der Waals surface area contributed by atoms with Crippen molar-refractivity contribution in [3.8, 4) is 0 Å². The maximum absolute atomic E-state index is 10.0. The molecule has 3 heteroatoms. The van der Waals surface area contributed by atoms with Gasteiger partial charge in [-0.25, -0.2) is 0 Å². The summed E-state index contributed by atoms with van der Waals surface area (Å²) in [6.45, 7) is 0.917. The van der Waals surface area contributed by atoms with Crippen molar-refractivity contribution in [3.05, 3.63) is 34.3 Å². The molecule has 0 spiro atoms. The monoisotopic (exact) mass is 298 g/mol. The minimum absolute atomic E-state index is 0.343. The van der Waals surface area contributed by atoms with Gasteiger partial charge >= 0.3 is 0 Å². The second kappa shape index (κ2) is 6.53. The van der Waals surface area contributed by atoms with Crippen LogP contribution in [0.3, 0.4) is 0 Å². The van der Waals surface area contributed by atoms with Crippen molar-refractivity contribution < 1.29 is 9.84 Å². The van der Waals surface area contributed by atoms with Gasteiger partial charge in [0, 0.05) is 11.1 Å². The smallest absolute Gasteiger partial charge is 0.0790 e. The lowest BCUT2D eigenvalue weighted by atomic mass is 10.0. The molecule has 94 valence electrons. The first kappa shape index (κ1) is 13.1. The normalized spacial score (nSPS) is 21.6. The number of hydrogen-bond donors (Lipinski definition) is 1. The number of benzene rings is 1. The van der Waals surface area contributed by atoms with E-state index in [2.05, 4.69) is 15.9 Å². The Hall–Kier alpha value is -0.380. The van der Waals surface area contributed by atoms with E-state index in [-0.39, 0.29) is 6.10 Å². The largest absolute Gasteiger partial charge is 0.388 e. The third-order valence-electron chi connectivity index (χ3n) is 3.28. The maximum Gasteiger partial charge on any atom is 0.0790 e. The van der Waals surface area contributed by atoms with Crippen molar-refractivity contribution in [1.29, 1.82) is 0 Å². The van der Waals surface area contributed by atoms with Gasteiger partial charge in [-0.1, -0.05) is 28.1 Å². The van der Waals surface area contributed by atoms with E-state index in [0.717, 1.165) is 35.9 Å². The summed E-state index contributed by atoms with van der Waals surface area (Å²) in [7, 11) is 0. The van der Waals surface area contributed by atoms with Crippen molar-refractivity contribution >= 4 is 15.9 Å². The summed E-state index contributed by atoms with van der Waals surface area (Å²) in [6.07, 6.45) is 5.40. The molecular formula is C14H19BrO2. The molecular weight excluding hydrogens is 280 g/mol. The minimum Gasteiger partial charge on any atom is -0.388 e. The van der Waals surface area contributed by atoms with Crippen LogP contribution in [0, 0.1) is 0 Å². The van der Waals surface area contributed by atoms with Gasteiger partial charge in [-0.3, -0.25) is 0 Å². The van der Waals surface area contributed by atoms with Crippen molar-refractivity contribution in [1.82, 2.24) is 0 Å². The van der Waals surface area contributed by atoms with E-state index in [9.17, 15) is 5.11 Å². The lowest BCUT2D eigenvalue weighted by molar-refractivity contribution is 0.0945. The molecule has 1 saturated heterocycles. The highest BCUT2D eigenvalue weighted by molar-refractivity contribution is 9.10. The van der Waals surface area contributed by atoms with Crippen LogP contribution in [-0.2, 0) is 4.74 Å². The number of hydrogen-bond acceptors (Lipinski definition) is 2. The molecule has 0 bridgehead atoms. The highest BCUT2D eigenvalue weighted by atomic mass is 79.9. The van der Waals surface area contributed by atoms with E-state index < -0.39 is 0 Å². The summed E-state index contributed by atoms with van der Waals surface area (Å²) in [5.41, 5.74) is 1.00. The van der Waals surface area contributed by atoms with Gasteiger partial charge in [0.25, 0.3) is 0 Å². The lowest BCUT2D eigenvalue weighted by Gasteiger charge is -2.13. The van der Waals surface area contributed by atoms with Crippen LogP contribution in [0.25, 0.3) is 0 Å². The molecule has 0 radical (unpaired) electrons. The van der Waals surface area contributed by atoms with Crippen molar-refractivity contribution in [2.45, 2.75) is 44.3 Å². The molecule has 1 heterocycles. The van der Waals surface area contributed by atoms with Crippen LogP contribution in [-0.4, -0.2) is 17.8 Å². The summed E-state index contributed by atoms with van der Waals surface area (Å²) in [5, 5.41) is 10.0. The third kappa shape index (κ3) is 4.09. The van der Waals surface area contributed by atoms with Crippen molar-refractivity contribution in [3.63, 3.8) is 0 Å². The molecule has 1 aromatic rings. The zero-order chi connectivity index (χ0) is 12.1. The average molecular weight is 299 g/mol. The Morgan fingerprint density at radius 3 is 2.76 bits per heavy atom. The molecule has 2 unspecified atom stereocenters. The van der Waals surface area contributed by atoms with Gasteiger partial charge < -0.3 is 9.84 Å². The number of ether oxygens (including phenoxy) is 1. The Morgan fingerprint density at radius 2 is 2.12 bits per heavy atom. The summed E-state index contributed by atoms with van der Waals surface area (Å²) in [5.74, 6) is 0. The van der Waals surface area contributed by atoms with Crippen molar-refractivity contribution in [2.24, 2.45) is 0 Å². The van der Waals surface area contributed by atoms with Gasteiger partial charge in [-0.05, 0) is 49.8 Å². The van der Waals surface area contributed by atoms with Crippen molar-refractivity contribution in [2.75, 3.05) is 6.61 Å². The van der Waals surface area contributed by atoms with Gasteiger partial charge in [-0.15, -0.1) is 0 Å². The van der Waals surface area contributed by atoms with Gasteiger partial charge in [0.15, 0.2) is 0 Å². The fraction of sp³-hybridized carbons (Fsp3) is 0.571. The Morgan fingerprint density at radius 1 is 1.35 bits per heavy atom. The average Bonchev–Trinajstić information content (AvgIpc) is 2.83. The second-order valence-electron chi connectivity index (χ2n) is 4.63. The van der Waals surface area contributed by atoms with Crippen LogP contribution in [0.15, 0.2) is 28.7 Å². The summed E-state index contributed by atoms with van der Waals surface area (Å²) < 4.78 is 6.62. The van der Waals surface area contributed by atoms with E-state index in [1.165, 1.54) is 12.8 Å². The summed E-state index contributed by atoms with van der Waals surface area (Å²) >= 11 is 3.39. The number of aliphatic hydroxyl groups is 1. The predicted molar refractivity (Wildman–Crippen MR) is 71.9 cm³/mol. The maximum atomic E-state index is 10.0. The fourth-order valence-electron chi connectivity index (χ4n) is 2.26. The Bertz CT molecular complexity index is 331.